The molecule has 1 atom stereocenters. The maximum atomic E-state index is 13.2. The van der Waals surface area contributed by atoms with Gasteiger partial charge in [0.2, 0.25) is 11.7 Å². The summed E-state index contributed by atoms with van der Waals surface area (Å²) in [6.45, 7) is 0. The van der Waals surface area contributed by atoms with Crippen LogP contribution in [0.5, 0.6) is 5.75 Å². The Hall–Kier alpha value is -4.19. The number of allylic oxidation sites excluding steroid dienone is 2. The van der Waals surface area contributed by atoms with Crippen LogP contribution in [0.4, 0.5) is 5.69 Å². The number of amides is 1. The first-order valence-corrected chi connectivity index (χ1v) is 10.2. The third kappa shape index (κ3) is 4.44. The lowest BCUT2D eigenvalue weighted by molar-refractivity contribution is -0.118. The van der Waals surface area contributed by atoms with Crippen molar-refractivity contribution in [3.8, 4) is 5.75 Å². The zero-order valence-electron chi connectivity index (χ0n) is 17.5. The van der Waals surface area contributed by atoms with E-state index in [0.717, 1.165) is 5.56 Å². The lowest BCUT2D eigenvalue weighted by Crippen LogP contribution is -2.44. The largest absolute Gasteiger partial charge is 0.495 e. The second kappa shape index (κ2) is 9.31. The fraction of sp³-hybridized carbons (Fsp3) is 0.115. The predicted molar refractivity (Wildman–Crippen MR) is 122 cm³/mol. The first-order valence-electron chi connectivity index (χ1n) is 10.2. The van der Waals surface area contributed by atoms with E-state index in [1.165, 1.54) is 13.2 Å². The Bertz CT molecular complexity index is 1200. The third-order valence-electron chi connectivity index (χ3n) is 5.25. The van der Waals surface area contributed by atoms with Crippen molar-refractivity contribution in [2.24, 2.45) is 0 Å². The standard InChI is InChI=1S/C26H22N2O4/c1-32-24-14-8-7-13-20(24)28-26(31)22(15-17-9-3-2-4-10-17)27-21-16-23(29)18-11-5-6-12-19(18)25(21)30/h2-14,16,22,27H,15H2,1H3,(H,28,31)/t22-/m1/s1. The Morgan fingerprint density at radius 2 is 1.53 bits per heavy atom. The fourth-order valence-corrected chi connectivity index (χ4v) is 3.64. The van der Waals surface area contributed by atoms with Crippen molar-refractivity contribution < 1.29 is 19.1 Å². The molecule has 0 fully saturated rings. The number of Topliss-reactive ketones (excluding diaryl/α,β-unsaturated/α-hetero) is 1. The number of ether oxygens (including phenoxy) is 1. The second-order valence-electron chi connectivity index (χ2n) is 7.37. The van der Waals surface area contributed by atoms with Crippen molar-refractivity contribution in [2.75, 3.05) is 12.4 Å². The quantitative estimate of drug-likeness (QED) is 0.600. The molecule has 0 spiro atoms. The van der Waals surface area contributed by atoms with Gasteiger partial charge in [0.25, 0.3) is 0 Å². The van der Waals surface area contributed by atoms with Crippen LogP contribution in [0.25, 0.3) is 0 Å². The molecule has 6 heteroatoms. The first-order chi connectivity index (χ1) is 15.6. The molecule has 0 unspecified atom stereocenters. The number of methoxy groups -OCH3 is 1. The summed E-state index contributed by atoms with van der Waals surface area (Å²) in [6.07, 6.45) is 1.58. The Morgan fingerprint density at radius 3 is 2.28 bits per heavy atom. The molecule has 0 heterocycles. The molecule has 0 aliphatic heterocycles. The topological polar surface area (TPSA) is 84.5 Å². The van der Waals surface area contributed by atoms with Crippen molar-refractivity contribution in [1.29, 1.82) is 0 Å². The van der Waals surface area contributed by atoms with E-state index in [-0.39, 0.29) is 23.2 Å². The summed E-state index contributed by atoms with van der Waals surface area (Å²) < 4.78 is 5.32. The molecule has 1 amide bonds. The minimum atomic E-state index is -0.796. The van der Waals surface area contributed by atoms with Gasteiger partial charge >= 0.3 is 0 Å². The average Bonchev–Trinajstić information content (AvgIpc) is 2.83. The van der Waals surface area contributed by atoms with Gasteiger partial charge in [-0.1, -0.05) is 66.7 Å². The summed E-state index contributed by atoms with van der Waals surface area (Å²) in [6, 6.07) is 22.4. The van der Waals surface area contributed by atoms with Gasteiger partial charge in [-0.05, 0) is 17.7 Å². The maximum Gasteiger partial charge on any atom is 0.247 e. The normalized spacial score (nSPS) is 13.6. The van der Waals surface area contributed by atoms with Gasteiger partial charge in [-0.15, -0.1) is 0 Å². The van der Waals surface area contributed by atoms with Crippen LogP contribution in [0, 0.1) is 0 Å². The maximum absolute atomic E-state index is 13.2. The van der Waals surface area contributed by atoms with Crippen LogP contribution in [0.1, 0.15) is 26.3 Å². The van der Waals surface area contributed by atoms with Gasteiger partial charge in [-0.25, -0.2) is 0 Å². The number of anilines is 1. The molecule has 0 bridgehead atoms. The minimum absolute atomic E-state index is 0.102. The number of rotatable bonds is 7. The fourth-order valence-electron chi connectivity index (χ4n) is 3.64. The van der Waals surface area contributed by atoms with E-state index in [1.807, 2.05) is 36.4 Å². The zero-order chi connectivity index (χ0) is 22.5. The van der Waals surface area contributed by atoms with Gasteiger partial charge in [-0.2, -0.15) is 0 Å². The Kier molecular flexibility index (Phi) is 6.12. The van der Waals surface area contributed by atoms with Gasteiger partial charge in [0, 0.05) is 23.6 Å². The first kappa shape index (κ1) is 21.1. The third-order valence-corrected chi connectivity index (χ3v) is 5.25. The van der Waals surface area contributed by atoms with Crippen molar-refractivity contribution in [3.63, 3.8) is 0 Å². The summed E-state index contributed by atoms with van der Waals surface area (Å²) >= 11 is 0. The lowest BCUT2D eigenvalue weighted by atomic mass is 9.92. The molecule has 1 aliphatic rings. The smallest absolute Gasteiger partial charge is 0.247 e. The molecule has 0 saturated heterocycles. The van der Waals surface area contributed by atoms with Crippen molar-refractivity contribution in [2.45, 2.75) is 12.5 Å². The SMILES string of the molecule is COc1ccccc1NC(=O)[C@@H](Cc1ccccc1)NC1=CC(=O)c2ccccc2C1=O. The summed E-state index contributed by atoms with van der Waals surface area (Å²) in [5, 5.41) is 5.89. The predicted octanol–water partition coefficient (Wildman–Crippen LogP) is 3.80. The van der Waals surface area contributed by atoms with Crippen LogP contribution < -0.4 is 15.4 Å². The number of hydrogen-bond donors (Lipinski definition) is 2. The van der Waals surface area contributed by atoms with E-state index in [2.05, 4.69) is 10.6 Å². The molecule has 3 aromatic rings. The molecular weight excluding hydrogens is 404 g/mol. The molecule has 6 nitrogen and oxygen atoms in total. The minimum Gasteiger partial charge on any atom is -0.495 e. The van der Waals surface area contributed by atoms with Crippen molar-refractivity contribution in [3.05, 3.63) is 107 Å². The highest BCUT2D eigenvalue weighted by molar-refractivity contribution is 6.24. The van der Waals surface area contributed by atoms with Crippen LogP contribution in [-0.4, -0.2) is 30.6 Å². The summed E-state index contributed by atoms with van der Waals surface area (Å²) in [7, 11) is 1.53. The van der Waals surface area contributed by atoms with Crippen LogP contribution in [-0.2, 0) is 11.2 Å². The van der Waals surface area contributed by atoms with Crippen LogP contribution in [0.2, 0.25) is 0 Å². The number of para-hydroxylation sites is 2. The molecule has 32 heavy (non-hydrogen) atoms. The second-order valence-corrected chi connectivity index (χ2v) is 7.37. The molecule has 0 radical (unpaired) electrons. The number of fused-ring (bicyclic) bond motifs is 1. The number of carbonyl (C=O) groups excluding carboxylic acids is 3. The van der Waals surface area contributed by atoms with Gasteiger partial charge in [0.05, 0.1) is 18.5 Å². The summed E-state index contributed by atoms with van der Waals surface area (Å²) in [5.74, 6) is -0.413. The highest BCUT2D eigenvalue weighted by atomic mass is 16.5. The van der Waals surface area contributed by atoms with E-state index in [9.17, 15) is 14.4 Å². The molecule has 2 N–H and O–H groups in total. The average molecular weight is 426 g/mol. The number of carbonyl (C=O) groups is 3. The number of ketones is 2. The Labute approximate surface area is 185 Å². The van der Waals surface area contributed by atoms with Gasteiger partial charge in [-0.3, -0.25) is 14.4 Å². The van der Waals surface area contributed by atoms with Gasteiger partial charge in [0.15, 0.2) is 5.78 Å². The molecule has 3 aromatic carbocycles. The van der Waals surface area contributed by atoms with E-state index in [4.69, 9.17) is 4.74 Å². The van der Waals surface area contributed by atoms with E-state index in [1.54, 1.807) is 42.5 Å². The van der Waals surface area contributed by atoms with Gasteiger partial charge in [0.1, 0.15) is 11.8 Å². The molecule has 1 aliphatic carbocycles. The highest BCUT2D eigenvalue weighted by Gasteiger charge is 2.29. The van der Waals surface area contributed by atoms with Gasteiger partial charge < -0.3 is 15.4 Å². The number of benzene rings is 3. The number of nitrogens with one attached hydrogen (secondary N) is 2. The summed E-state index contributed by atoms with van der Waals surface area (Å²) in [4.78, 5) is 38.8. The molecule has 0 saturated carbocycles. The van der Waals surface area contributed by atoms with Crippen LogP contribution in [0.15, 0.2) is 90.6 Å². The molecule has 160 valence electrons. The highest BCUT2D eigenvalue weighted by Crippen LogP contribution is 2.24. The lowest BCUT2D eigenvalue weighted by Gasteiger charge is -2.23. The van der Waals surface area contributed by atoms with Crippen LogP contribution >= 0.6 is 0 Å². The van der Waals surface area contributed by atoms with Crippen LogP contribution in [0.3, 0.4) is 0 Å². The van der Waals surface area contributed by atoms with E-state index < -0.39 is 6.04 Å². The molecule has 4 rings (SSSR count). The number of hydrogen-bond acceptors (Lipinski definition) is 5. The van der Waals surface area contributed by atoms with Crippen molar-refractivity contribution in [1.82, 2.24) is 5.32 Å². The summed E-state index contributed by atoms with van der Waals surface area (Å²) in [5.41, 5.74) is 2.22. The van der Waals surface area contributed by atoms with Crippen molar-refractivity contribution >= 4 is 23.2 Å². The molecule has 0 aromatic heterocycles. The molecular formula is C26H22N2O4. The monoisotopic (exact) mass is 426 g/mol. The Morgan fingerprint density at radius 1 is 0.875 bits per heavy atom. The Balaban J connectivity index is 1.62. The van der Waals surface area contributed by atoms with E-state index in [0.29, 0.717) is 29.0 Å². The van der Waals surface area contributed by atoms with E-state index >= 15 is 0 Å². The zero-order valence-corrected chi connectivity index (χ0v) is 17.5.